The van der Waals surface area contributed by atoms with Crippen molar-refractivity contribution < 1.29 is 0 Å². The fraction of sp³-hybridized carbons (Fsp3) is 0.647. The fourth-order valence-corrected chi connectivity index (χ4v) is 3.39. The Balaban J connectivity index is 1.59. The second kappa shape index (κ2) is 6.36. The fourth-order valence-electron chi connectivity index (χ4n) is 3.14. The summed E-state index contributed by atoms with van der Waals surface area (Å²) < 4.78 is 0. The molecule has 0 aromatic heterocycles. The molecule has 0 heterocycles. The van der Waals surface area contributed by atoms with Crippen LogP contribution >= 0.6 is 11.6 Å². The van der Waals surface area contributed by atoms with Crippen LogP contribution in [-0.2, 0) is 6.54 Å². The van der Waals surface area contributed by atoms with Crippen molar-refractivity contribution >= 4 is 17.3 Å². The van der Waals surface area contributed by atoms with Gasteiger partial charge in [0.2, 0.25) is 0 Å². The molecule has 110 valence electrons. The molecule has 1 aromatic rings. The van der Waals surface area contributed by atoms with Gasteiger partial charge in [-0.15, -0.1) is 0 Å². The van der Waals surface area contributed by atoms with Crippen LogP contribution in [-0.4, -0.2) is 19.6 Å². The van der Waals surface area contributed by atoms with Gasteiger partial charge in [0.15, 0.2) is 0 Å². The van der Waals surface area contributed by atoms with Crippen molar-refractivity contribution in [3.8, 4) is 0 Å². The van der Waals surface area contributed by atoms with Gasteiger partial charge in [-0.05, 0) is 49.3 Å². The Labute approximate surface area is 127 Å². The van der Waals surface area contributed by atoms with Crippen LogP contribution in [0, 0.1) is 5.92 Å². The third kappa shape index (κ3) is 3.67. The van der Waals surface area contributed by atoms with Gasteiger partial charge in [-0.1, -0.05) is 30.5 Å². The molecule has 20 heavy (non-hydrogen) atoms. The van der Waals surface area contributed by atoms with Gasteiger partial charge in [0.1, 0.15) is 0 Å². The van der Waals surface area contributed by atoms with E-state index in [4.69, 9.17) is 11.6 Å². The molecule has 0 unspecified atom stereocenters. The summed E-state index contributed by atoms with van der Waals surface area (Å²) in [6, 6.07) is 7.25. The molecular weight excluding hydrogens is 268 g/mol. The lowest BCUT2D eigenvalue weighted by atomic mass is 10.1. The maximum absolute atomic E-state index is 6.43. The second-order valence-electron chi connectivity index (χ2n) is 6.46. The number of anilines is 1. The first-order chi connectivity index (χ1) is 9.72. The molecule has 2 nitrogen and oxygen atoms in total. The molecule has 0 saturated heterocycles. The Kier molecular flexibility index (Phi) is 4.52. The predicted molar refractivity (Wildman–Crippen MR) is 86.5 cm³/mol. The van der Waals surface area contributed by atoms with Gasteiger partial charge in [0, 0.05) is 36.9 Å². The normalized spacial score (nSPS) is 19.5. The molecule has 0 spiro atoms. The van der Waals surface area contributed by atoms with E-state index in [0.717, 1.165) is 30.1 Å². The molecule has 2 aliphatic rings. The number of hydrogen-bond acceptors (Lipinski definition) is 2. The van der Waals surface area contributed by atoms with Gasteiger partial charge in [0.25, 0.3) is 0 Å². The third-order valence-corrected chi connectivity index (χ3v) is 4.99. The molecule has 2 saturated carbocycles. The van der Waals surface area contributed by atoms with Crippen LogP contribution in [0.3, 0.4) is 0 Å². The Morgan fingerprint density at radius 2 is 1.95 bits per heavy atom. The van der Waals surface area contributed by atoms with E-state index in [1.54, 1.807) is 0 Å². The molecule has 1 aromatic carbocycles. The topological polar surface area (TPSA) is 15.3 Å². The van der Waals surface area contributed by atoms with Crippen molar-refractivity contribution in [1.29, 1.82) is 0 Å². The van der Waals surface area contributed by atoms with Gasteiger partial charge in [-0.3, -0.25) is 0 Å². The zero-order valence-electron chi connectivity index (χ0n) is 12.4. The highest BCUT2D eigenvalue weighted by Gasteiger charge is 2.21. The Morgan fingerprint density at radius 1 is 1.20 bits per heavy atom. The molecule has 0 radical (unpaired) electrons. The standard InChI is InChI=1S/C17H25ClN2/c1-20(12-13-4-2-3-5-13)16-9-6-14(17(18)10-16)11-19-15-7-8-15/h6,9-10,13,15,19H,2-5,7-8,11-12H2,1H3. The number of nitrogens with one attached hydrogen (secondary N) is 1. The molecule has 3 rings (SSSR count). The summed E-state index contributed by atoms with van der Waals surface area (Å²) in [5.74, 6) is 0.870. The highest BCUT2D eigenvalue weighted by molar-refractivity contribution is 6.31. The minimum atomic E-state index is 0.732. The monoisotopic (exact) mass is 292 g/mol. The Bertz CT molecular complexity index is 450. The van der Waals surface area contributed by atoms with Gasteiger partial charge in [-0.25, -0.2) is 0 Å². The minimum absolute atomic E-state index is 0.732. The summed E-state index contributed by atoms with van der Waals surface area (Å²) in [5, 5.41) is 4.42. The SMILES string of the molecule is CN(CC1CCCC1)c1ccc(CNC2CC2)c(Cl)c1. The van der Waals surface area contributed by atoms with Gasteiger partial charge >= 0.3 is 0 Å². The number of nitrogens with zero attached hydrogens (tertiary/aromatic N) is 1. The summed E-state index contributed by atoms with van der Waals surface area (Å²) in [6.45, 7) is 2.06. The number of rotatable bonds is 6. The van der Waals surface area contributed by atoms with Crippen molar-refractivity contribution in [2.24, 2.45) is 5.92 Å². The van der Waals surface area contributed by atoms with E-state index in [9.17, 15) is 0 Å². The Morgan fingerprint density at radius 3 is 2.60 bits per heavy atom. The maximum Gasteiger partial charge on any atom is 0.0471 e. The summed E-state index contributed by atoms with van der Waals surface area (Å²) in [5.41, 5.74) is 2.47. The van der Waals surface area contributed by atoms with Crippen LogP contribution < -0.4 is 10.2 Å². The lowest BCUT2D eigenvalue weighted by Gasteiger charge is -2.23. The van der Waals surface area contributed by atoms with E-state index in [-0.39, 0.29) is 0 Å². The highest BCUT2D eigenvalue weighted by Crippen LogP contribution is 2.29. The third-order valence-electron chi connectivity index (χ3n) is 4.64. The largest absolute Gasteiger partial charge is 0.374 e. The zero-order chi connectivity index (χ0) is 13.9. The molecule has 0 atom stereocenters. The predicted octanol–water partition coefficient (Wildman–Crippen LogP) is 4.22. The number of hydrogen-bond donors (Lipinski definition) is 1. The van der Waals surface area contributed by atoms with E-state index >= 15 is 0 Å². The number of benzene rings is 1. The molecule has 0 aliphatic heterocycles. The van der Waals surface area contributed by atoms with Crippen LogP contribution in [0.4, 0.5) is 5.69 Å². The van der Waals surface area contributed by atoms with Crippen LogP contribution in [0.1, 0.15) is 44.1 Å². The molecule has 1 N–H and O–H groups in total. The molecule has 3 heteroatoms. The molecule has 2 fully saturated rings. The number of halogens is 1. The van der Waals surface area contributed by atoms with Gasteiger partial charge < -0.3 is 10.2 Å². The summed E-state index contributed by atoms with van der Waals surface area (Å²) in [6.07, 6.45) is 8.23. The van der Waals surface area contributed by atoms with Crippen molar-refractivity contribution in [3.63, 3.8) is 0 Å². The molecular formula is C17H25ClN2. The average molecular weight is 293 g/mol. The quantitative estimate of drug-likeness (QED) is 0.844. The first-order valence-electron chi connectivity index (χ1n) is 7.95. The van der Waals surface area contributed by atoms with E-state index in [1.165, 1.54) is 49.8 Å². The Hall–Kier alpha value is -0.730. The summed E-state index contributed by atoms with van der Waals surface area (Å²) >= 11 is 6.43. The van der Waals surface area contributed by atoms with E-state index in [0.29, 0.717) is 0 Å². The average Bonchev–Trinajstić information content (AvgIpc) is 3.13. The lowest BCUT2D eigenvalue weighted by molar-refractivity contribution is 0.547. The first-order valence-corrected chi connectivity index (χ1v) is 8.33. The van der Waals surface area contributed by atoms with Crippen LogP contribution in [0.2, 0.25) is 5.02 Å². The van der Waals surface area contributed by atoms with Crippen molar-refractivity contribution in [2.75, 3.05) is 18.5 Å². The highest BCUT2D eigenvalue weighted by atomic mass is 35.5. The first kappa shape index (κ1) is 14.2. The van der Waals surface area contributed by atoms with Crippen molar-refractivity contribution in [2.45, 2.75) is 51.1 Å². The van der Waals surface area contributed by atoms with Gasteiger partial charge in [0.05, 0.1) is 0 Å². The smallest absolute Gasteiger partial charge is 0.0471 e. The van der Waals surface area contributed by atoms with Crippen LogP contribution in [0.15, 0.2) is 18.2 Å². The summed E-state index contributed by atoms with van der Waals surface area (Å²) in [4.78, 5) is 2.36. The molecule has 0 amide bonds. The van der Waals surface area contributed by atoms with Crippen LogP contribution in [0.5, 0.6) is 0 Å². The lowest BCUT2D eigenvalue weighted by Crippen LogP contribution is -2.24. The zero-order valence-corrected chi connectivity index (χ0v) is 13.1. The second-order valence-corrected chi connectivity index (χ2v) is 6.87. The van der Waals surface area contributed by atoms with Crippen LogP contribution in [0.25, 0.3) is 0 Å². The minimum Gasteiger partial charge on any atom is -0.374 e. The van der Waals surface area contributed by atoms with E-state index in [1.807, 2.05) is 0 Å². The molecule has 2 aliphatic carbocycles. The van der Waals surface area contributed by atoms with E-state index < -0.39 is 0 Å². The summed E-state index contributed by atoms with van der Waals surface area (Å²) in [7, 11) is 2.19. The van der Waals surface area contributed by atoms with Crippen molar-refractivity contribution in [1.82, 2.24) is 5.32 Å². The van der Waals surface area contributed by atoms with Crippen molar-refractivity contribution in [3.05, 3.63) is 28.8 Å². The maximum atomic E-state index is 6.43. The molecule has 0 bridgehead atoms. The van der Waals surface area contributed by atoms with Gasteiger partial charge in [-0.2, -0.15) is 0 Å². The van der Waals surface area contributed by atoms with E-state index in [2.05, 4.69) is 35.5 Å².